The lowest BCUT2D eigenvalue weighted by Gasteiger charge is -2.10. The minimum absolute atomic E-state index is 0.0657. The first kappa shape index (κ1) is 15.4. The highest BCUT2D eigenvalue weighted by Crippen LogP contribution is 2.24. The Bertz CT molecular complexity index is 823. The average molecular weight is 312 g/mol. The number of aromatic nitrogens is 2. The number of fused-ring (bicyclic) bond motifs is 1. The van der Waals surface area contributed by atoms with Gasteiger partial charge in [0.1, 0.15) is 25.1 Å². The lowest BCUT2D eigenvalue weighted by atomic mass is 10.1. The molecule has 118 valence electrons. The molecule has 0 aliphatic heterocycles. The number of pyridine rings is 2. The van der Waals surface area contributed by atoms with Crippen LogP contribution in [0.15, 0.2) is 48.7 Å². The SMILES string of the molecule is Cc1cc(-c2ccc3cc(OCC(O)CF)ccc3n2)ccn1. The van der Waals surface area contributed by atoms with Crippen molar-refractivity contribution in [2.24, 2.45) is 0 Å². The highest BCUT2D eigenvalue weighted by Gasteiger charge is 2.06. The van der Waals surface area contributed by atoms with Crippen LogP contribution in [0.4, 0.5) is 4.39 Å². The van der Waals surface area contributed by atoms with Crippen LogP contribution < -0.4 is 4.74 Å². The van der Waals surface area contributed by atoms with Crippen LogP contribution >= 0.6 is 0 Å². The zero-order chi connectivity index (χ0) is 16.2. The predicted molar refractivity (Wildman–Crippen MR) is 87.2 cm³/mol. The third kappa shape index (κ3) is 3.63. The maximum absolute atomic E-state index is 12.2. The lowest BCUT2D eigenvalue weighted by Crippen LogP contribution is -2.19. The Kier molecular flexibility index (Phi) is 4.48. The third-order valence-electron chi connectivity index (χ3n) is 3.47. The third-order valence-corrected chi connectivity index (χ3v) is 3.47. The first-order valence-electron chi connectivity index (χ1n) is 7.36. The number of hydrogen-bond donors (Lipinski definition) is 1. The molecule has 3 aromatic rings. The first-order chi connectivity index (χ1) is 11.2. The van der Waals surface area contributed by atoms with Crippen LogP contribution in [0.2, 0.25) is 0 Å². The number of nitrogens with zero attached hydrogens (tertiary/aromatic N) is 2. The van der Waals surface area contributed by atoms with Gasteiger partial charge in [-0.2, -0.15) is 0 Å². The van der Waals surface area contributed by atoms with Crippen molar-refractivity contribution in [3.05, 3.63) is 54.4 Å². The highest BCUT2D eigenvalue weighted by atomic mass is 19.1. The minimum atomic E-state index is -1.10. The Morgan fingerprint density at radius 2 is 2.04 bits per heavy atom. The van der Waals surface area contributed by atoms with Crippen molar-refractivity contribution in [3.8, 4) is 17.0 Å². The molecule has 0 saturated heterocycles. The molecule has 1 unspecified atom stereocenters. The molecule has 0 amide bonds. The molecule has 2 heterocycles. The van der Waals surface area contributed by atoms with Gasteiger partial charge in [0.25, 0.3) is 0 Å². The van der Waals surface area contributed by atoms with Crippen molar-refractivity contribution >= 4 is 10.9 Å². The van der Waals surface area contributed by atoms with Gasteiger partial charge in [-0.25, -0.2) is 9.37 Å². The number of aliphatic hydroxyl groups is 1. The highest BCUT2D eigenvalue weighted by molar-refractivity contribution is 5.82. The van der Waals surface area contributed by atoms with E-state index in [4.69, 9.17) is 4.74 Å². The Morgan fingerprint density at radius 1 is 1.17 bits per heavy atom. The second kappa shape index (κ2) is 6.71. The van der Waals surface area contributed by atoms with Gasteiger partial charge in [-0.3, -0.25) is 4.98 Å². The van der Waals surface area contributed by atoms with E-state index in [1.165, 1.54) is 0 Å². The summed E-state index contributed by atoms with van der Waals surface area (Å²) in [6.45, 7) is 1.06. The van der Waals surface area contributed by atoms with E-state index in [-0.39, 0.29) is 6.61 Å². The lowest BCUT2D eigenvalue weighted by molar-refractivity contribution is 0.0842. The monoisotopic (exact) mass is 312 g/mol. The standard InChI is InChI=1S/C18H17FN2O2/c1-12-8-14(6-7-20-12)17-4-2-13-9-16(3-5-18(13)21-17)23-11-15(22)10-19/h2-9,15,22H,10-11H2,1H3. The predicted octanol–water partition coefficient (Wildman–Crippen LogP) is 3.31. The zero-order valence-electron chi connectivity index (χ0n) is 12.7. The molecular weight excluding hydrogens is 295 g/mol. The van der Waals surface area contributed by atoms with Crippen LogP contribution in [0.1, 0.15) is 5.69 Å². The summed E-state index contributed by atoms with van der Waals surface area (Å²) < 4.78 is 17.6. The largest absolute Gasteiger partial charge is 0.491 e. The fourth-order valence-electron chi connectivity index (χ4n) is 2.30. The number of alkyl halides is 1. The van der Waals surface area contributed by atoms with Crippen LogP contribution in [-0.4, -0.2) is 34.5 Å². The second-order valence-electron chi connectivity index (χ2n) is 5.36. The molecule has 0 bridgehead atoms. The molecule has 0 spiro atoms. The maximum atomic E-state index is 12.2. The molecule has 3 rings (SSSR count). The van der Waals surface area contributed by atoms with E-state index in [0.717, 1.165) is 27.9 Å². The van der Waals surface area contributed by atoms with Crippen molar-refractivity contribution in [2.45, 2.75) is 13.0 Å². The molecule has 0 fully saturated rings. The van der Waals surface area contributed by atoms with Gasteiger partial charge in [0.15, 0.2) is 0 Å². The van der Waals surface area contributed by atoms with Gasteiger partial charge in [-0.1, -0.05) is 6.07 Å². The van der Waals surface area contributed by atoms with Crippen LogP contribution in [0.25, 0.3) is 22.2 Å². The topological polar surface area (TPSA) is 55.2 Å². The summed E-state index contributed by atoms with van der Waals surface area (Å²) in [5, 5.41) is 10.1. The van der Waals surface area contributed by atoms with Gasteiger partial charge in [-0.05, 0) is 43.3 Å². The molecule has 0 aliphatic carbocycles. The van der Waals surface area contributed by atoms with Gasteiger partial charge >= 0.3 is 0 Å². The van der Waals surface area contributed by atoms with E-state index in [9.17, 15) is 9.50 Å². The fraction of sp³-hybridized carbons (Fsp3) is 0.222. The molecule has 1 atom stereocenters. The second-order valence-corrected chi connectivity index (χ2v) is 5.36. The first-order valence-corrected chi connectivity index (χ1v) is 7.36. The number of hydrogen-bond acceptors (Lipinski definition) is 4. The summed E-state index contributed by atoms with van der Waals surface area (Å²) in [6.07, 6.45) is 0.671. The van der Waals surface area contributed by atoms with Crippen molar-refractivity contribution < 1.29 is 14.2 Å². The number of aryl methyl sites for hydroxylation is 1. The Balaban J connectivity index is 1.87. The van der Waals surface area contributed by atoms with Crippen molar-refractivity contribution in [2.75, 3.05) is 13.3 Å². The number of aliphatic hydroxyl groups excluding tert-OH is 1. The average Bonchev–Trinajstić information content (AvgIpc) is 2.59. The zero-order valence-corrected chi connectivity index (χ0v) is 12.7. The number of halogens is 1. The summed E-state index contributed by atoms with van der Waals surface area (Å²) in [4.78, 5) is 8.84. The fourth-order valence-corrected chi connectivity index (χ4v) is 2.30. The van der Waals surface area contributed by atoms with Gasteiger partial charge in [0, 0.05) is 22.8 Å². The molecule has 4 nitrogen and oxygen atoms in total. The summed E-state index contributed by atoms with van der Waals surface area (Å²) >= 11 is 0. The van der Waals surface area contributed by atoms with Gasteiger partial charge in [-0.15, -0.1) is 0 Å². The van der Waals surface area contributed by atoms with E-state index in [0.29, 0.717) is 5.75 Å². The number of benzene rings is 1. The summed E-state index contributed by atoms with van der Waals surface area (Å²) in [5.41, 5.74) is 3.69. The van der Waals surface area contributed by atoms with Gasteiger partial charge in [0.05, 0.1) is 11.2 Å². The minimum Gasteiger partial charge on any atom is -0.491 e. The summed E-state index contributed by atoms with van der Waals surface area (Å²) in [6, 6.07) is 13.3. The van der Waals surface area contributed by atoms with Crippen LogP contribution in [0.5, 0.6) is 5.75 Å². The van der Waals surface area contributed by atoms with E-state index in [1.807, 2.05) is 43.3 Å². The molecule has 0 radical (unpaired) electrons. The van der Waals surface area contributed by atoms with Crippen molar-refractivity contribution in [1.29, 1.82) is 0 Å². The molecule has 2 aromatic heterocycles. The number of ether oxygens (including phenoxy) is 1. The Morgan fingerprint density at radius 3 is 2.83 bits per heavy atom. The quantitative estimate of drug-likeness (QED) is 0.785. The van der Waals surface area contributed by atoms with Crippen molar-refractivity contribution in [1.82, 2.24) is 9.97 Å². The molecule has 1 aromatic carbocycles. The van der Waals surface area contributed by atoms with Gasteiger partial charge in [0.2, 0.25) is 0 Å². The number of rotatable bonds is 5. The molecule has 0 saturated carbocycles. The van der Waals surface area contributed by atoms with E-state index < -0.39 is 12.8 Å². The van der Waals surface area contributed by atoms with Crippen molar-refractivity contribution in [3.63, 3.8) is 0 Å². The van der Waals surface area contributed by atoms with Crippen LogP contribution in [-0.2, 0) is 0 Å². The summed E-state index contributed by atoms with van der Waals surface area (Å²) in [7, 11) is 0. The Labute approximate surface area is 133 Å². The molecule has 1 N–H and O–H groups in total. The maximum Gasteiger partial charge on any atom is 0.120 e. The van der Waals surface area contributed by atoms with Crippen LogP contribution in [0, 0.1) is 6.92 Å². The van der Waals surface area contributed by atoms with Crippen LogP contribution in [0.3, 0.4) is 0 Å². The van der Waals surface area contributed by atoms with Gasteiger partial charge < -0.3 is 9.84 Å². The normalized spacial score (nSPS) is 12.3. The van der Waals surface area contributed by atoms with E-state index >= 15 is 0 Å². The molecule has 0 aliphatic rings. The Hall–Kier alpha value is -2.53. The molecule has 5 heteroatoms. The van der Waals surface area contributed by atoms with E-state index in [1.54, 1.807) is 12.3 Å². The summed E-state index contributed by atoms with van der Waals surface area (Å²) in [5.74, 6) is 0.583. The molecule has 23 heavy (non-hydrogen) atoms. The van der Waals surface area contributed by atoms with E-state index in [2.05, 4.69) is 9.97 Å². The molecular formula is C18H17FN2O2. The smallest absolute Gasteiger partial charge is 0.120 e.